The van der Waals surface area contributed by atoms with Gasteiger partial charge in [-0.2, -0.15) is 0 Å². The lowest BCUT2D eigenvalue weighted by molar-refractivity contribution is -0.150. The first-order valence-electron chi connectivity index (χ1n) is 32.9. The number of rotatable bonds is 22. The van der Waals surface area contributed by atoms with Gasteiger partial charge in [-0.1, -0.05) is 68.8 Å². The summed E-state index contributed by atoms with van der Waals surface area (Å²) in [4.78, 5) is 241. The van der Waals surface area contributed by atoms with Gasteiger partial charge < -0.3 is 119 Å². The number of nitrogens with one attached hydrogen (secondary N) is 13. The topological polar surface area (TPSA) is 643 Å². The normalized spacial score (nSPS) is 24.1. The number of para-hydroxylation sites is 2. The number of phenols is 1. The van der Waals surface area contributed by atoms with Crippen molar-refractivity contribution >= 4 is 129 Å². The Morgan fingerprint density at radius 2 is 1.19 bits per heavy atom. The fourth-order valence-electron chi connectivity index (χ4n) is 11.2. The molecule has 0 saturated carbocycles. The second-order valence-electron chi connectivity index (χ2n) is 24.9. The minimum Gasteiger partial charge on any atom is -0.508 e. The fourth-order valence-corrected chi connectivity index (χ4v) is 11.2. The Bertz CT molecular complexity index is 4290. The first-order valence-corrected chi connectivity index (χ1v) is 32.9. The molecule has 2 aliphatic heterocycles. The summed E-state index contributed by atoms with van der Waals surface area (Å²) in [6.45, 7) is 1.38. The molecule has 2 aliphatic rings. The summed E-state index contributed by atoms with van der Waals surface area (Å²) >= 11 is 0. The molecule has 14 atom stereocenters. The van der Waals surface area contributed by atoms with Gasteiger partial charge in [-0.3, -0.25) is 76.7 Å². The minimum absolute atomic E-state index is 0.0911. The summed E-state index contributed by atoms with van der Waals surface area (Å²) in [6.07, 6.45) is -7.46. The average Bonchev–Trinajstić information content (AvgIpc) is 1.78. The lowest BCUT2D eigenvalue weighted by Crippen LogP contribution is -2.62. The van der Waals surface area contributed by atoms with E-state index in [0.29, 0.717) is 34.6 Å². The summed E-state index contributed by atoms with van der Waals surface area (Å²) in [7, 11) is 0. The van der Waals surface area contributed by atoms with E-state index in [9.17, 15) is 103 Å². The number of carboxylic acid groups (broad SMARTS) is 4. The number of aliphatic hydroxyl groups is 2. The summed E-state index contributed by atoms with van der Waals surface area (Å²) in [6, 6.07) is -3.50. The van der Waals surface area contributed by atoms with Gasteiger partial charge in [-0.15, -0.1) is 0 Å². The molecule has 3 aromatic carbocycles. The molecule has 0 spiro atoms. The highest BCUT2D eigenvalue weighted by Gasteiger charge is 2.46. The van der Waals surface area contributed by atoms with Gasteiger partial charge in [0.15, 0.2) is 12.2 Å². The lowest BCUT2D eigenvalue weighted by Gasteiger charge is -2.29. The van der Waals surface area contributed by atoms with Crippen LogP contribution in [0.2, 0.25) is 0 Å². The van der Waals surface area contributed by atoms with Crippen LogP contribution in [0.25, 0.3) is 27.9 Å². The van der Waals surface area contributed by atoms with Crippen molar-refractivity contribution in [2.24, 2.45) is 11.7 Å². The molecule has 12 amide bonds. The molecule has 0 radical (unpaired) electrons. The van der Waals surface area contributed by atoms with Crippen LogP contribution in [0.1, 0.15) is 82.0 Å². The van der Waals surface area contributed by atoms with Crippen LogP contribution in [0.4, 0.5) is 0 Å². The Kier molecular flexibility index (Phi) is 28.2. The third-order valence-electron chi connectivity index (χ3n) is 16.8. The SMILES string of the molecule is CCCC1OC1C(=O)N[C@@H](CO)C(=O)N[C@@H]1C(=O)N[C@H](Cc2c[nH]c3ccccc23)C(=O)N[C@@H](CC(=O)O)C(=O)N[C@@H](CC(=O)O)C(=O)N[C@H](c2ccc(O)cc2)C(=O)N[C@@H](CC(=O)O)C(=O)NCC(=O)N[C@H]([C@H](O)C(N)=O)C(=O)N[C@@H]([C@H](C)CC(=O)O)C(=O)N/C(=C\c2c[nH]c3ccccc23)C(=O)O[C@@H]1C. The zero-order chi connectivity index (χ0) is 78.7. The number of epoxide rings is 1. The van der Waals surface area contributed by atoms with Crippen LogP contribution >= 0.6 is 0 Å². The third-order valence-corrected chi connectivity index (χ3v) is 16.8. The maximum atomic E-state index is 15.3. The van der Waals surface area contributed by atoms with Crippen LogP contribution < -0.4 is 64.2 Å². The molecule has 2 saturated heterocycles. The molecule has 22 N–H and O–H groups in total. The highest BCUT2D eigenvalue weighted by Crippen LogP contribution is 2.28. The molecular formula is C67H78N14O26. The number of fused-ring (bicyclic) bond motifs is 2. The Morgan fingerprint density at radius 1 is 0.636 bits per heavy atom. The summed E-state index contributed by atoms with van der Waals surface area (Å²) in [5, 5.41) is 96.2. The standard InChI is InChI=1S/C67H78N14O26/c1-4-9-44-55(107-44)66(104)77-43(27-82)61(99)80-51-29(3)106-67(105)42(20-32-25-70-37-13-8-6-11-35(32)37)76-62(100)50(28(2)18-46(85)86)79-65(103)53(54(93)56(68)94)78-45(84)26-71-57(95)39(21-47(87)88)75-64(102)52(30-14-16-33(83)17-15-30)81-60(98)41(23-49(91)92)73-59(97)40(22-48(89)90)72-58(96)38(74-63(51)101)19-31-24-69-36-12-7-5-10-34(31)36/h5-8,10-17,20,24-25,28-29,38-41,43-44,50-55,69-70,82-83,93H,4,9,18-19,21-23,26-27H2,1-3H3,(H2,68,94)(H,71,95)(H,72,96)(H,73,97)(H,74,101)(H,75,102)(H,76,100)(H,77,104)(H,78,84)(H,79,103)(H,80,99)(H,81,98)(H,85,86)(H,87,88)(H,89,90)(H,91,92)/b42-20-/t28-,29-,38-,39+,40+,41+,43+,44?,50+,51+,52-,53-,54+,55?/m1/s1. The number of hydrogen-bond donors (Lipinski definition) is 21. The number of hydrogen-bond acceptors (Lipinski definition) is 22. The van der Waals surface area contributed by atoms with Crippen molar-refractivity contribution in [3.63, 3.8) is 0 Å². The molecule has 40 heteroatoms. The van der Waals surface area contributed by atoms with Crippen molar-refractivity contribution in [3.05, 3.63) is 108 Å². The molecule has 107 heavy (non-hydrogen) atoms. The monoisotopic (exact) mass is 1490 g/mol. The van der Waals surface area contributed by atoms with Crippen molar-refractivity contribution in [2.75, 3.05) is 13.2 Å². The maximum absolute atomic E-state index is 15.3. The predicted octanol–water partition coefficient (Wildman–Crippen LogP) is -5.21. The van der Waals surface area contributed by atoms with E-state index in [-0.39, 0.29) is 16.7 Å². The summed E-state index contributed by atoms with van der Waals surface area (Å²) < 4.78 is 11.3. The van der Waals surface area contributed by atoms with Gasteiger partial charge in [-0.05, 0) is 60.7 Å². The van der Waals surface area contributed by atoms with E-state index in [2.05, 4.69) is 47.2 Å². The molecular weight excluding hydrogens is 1420 g/mol. The van der Waals surface area contributed by atoms with E-state index < -0.39 is 242 Å². The quantitative estimate of drug-likeness (QED) is 0.0175. The van der Waals surface area contributed by atoms with Crippen LogP contribution in [0.15, 0.2) is 90.9 Å². The number of aromatic amines is 2. The van der Waals surface area contributed by atoms with Gasteiger partial charge in [0, 0.05) is 46.2 Å². The lowest BCUT2D eigenvalue weighted by atomic mass is 9.96. The van der Waals surface area contributed by atoms with Crippen LogP contribution in [-0.2, 0) is 97.4 Å². The second kappa shape index (κ2) is 37.0. The molecule has 0 aliphatic carbocycles. The third kappa shape index (κ3) is 22.6. The van der Waals surface area contributed by atoms with Gasteiger partial charge in [0.2, 0.25) is 65.0 Å². The number of benzene rings is 3. The number of esters is 1. The fraction of sp³-hybridized carbons (Fsp3) is 0.388. The number of phenolic OH excluding ortho intramolecular Hbond substituents is 1. The highest BCUT2D eigenvalue weighted by atomic mass is 16.6. The predicted molar refractivity (Wildman–Crippen MR) is 363 cm³/mol. The molecule has 40 nitrogen and oxygen atoms in total. The number of primary amides is 1. The van der Waals surface area contributed by atoms with E-state index in [1.165, 1.54) is 12.4 Å². The summed E-state index contributed by atoms with van der Waals surface area (Å²) in [5.74, 6) is -28.5. The smallest absolute Gasteiger partial charge is 0.355 e. The van der Waals surface area contributed by atoms with Crippen molar-refractivity contribution < 1.29 is 127 Å². The number of nitrogens with two attached hydrogens (primary N) is 1. The number of cyclic esters (lactones) is 1. The van der Waals surface area contributed by atoms with Crippen molar-refractivity contribution in [3.8, 4) is 5.75 Å². The van der Waals surface area contributed by atoms with Gasteiger partial charge in [-0.25, -0.2) is 4.79 Å². The van der Waals surface area contributed by atoms with Crippen molar-refractivity contribution in [2.45, 2.75) is 145 Å². The van der Waals surface area contributed by atoms with Crippen LogP contribution in [0.5, 0.6) is 5.75 Å². The number of aromatic hydroxyl groups is 1. The van der Waals surface area contributed by atoms with E-state index in [4.69, 9.17) is 15.2 Å². The van der Waals surface area contributed by atoms with E-state index in [1.807, 2.05) is 21.3 Å². The van der Waals surface area contributed by atoms with Gasteiger partial charge >= 0.3 is 29.8 Å². The molecule has 0 bridgehead atoms. The average molecular weight is 1500 g/mol. The number of H-pyrrole nitrogens is 2. The number of carboxylic acids is 4. The molecule has 572 valence electrons. The Hall–Kier alpha value is -12.9. The number of aliphatic hydroxyl groups excluding tert-OH is 2. The van der Waals surface area contributed by atoms with E-state index >= 15 is 14.4 Å². The first-order chi connectivity index (χ1) is 50.7. The van der Waals surface area contributed by atoms with Crippen molar-refractivity contribution in [1.82, 2.24) is 68.5 Å². The number of aliphatic carboxylic acids is 4. The maximum Gasteiger partial charge on any atom is 0.355 e. The summed E-state index contributed by atoms with van der Waals surface area (Å²) in [5.41, 5.74) is 5.33. The Labute approximate surface area is 604 Å². The van der Waals surface area contributed by atoms with E-state index in [1.54, 1.807) is 55.5 Å². The molecule has 5 aromatic rings. The van der Waals surface area contributed by atoms with Gasteiger partial charge in [0.1, 0.15) is 71.9 Å². The molecule has 4 heterocycles. The Morgan fingerprint density at radius 3 is 1.78 bits per heavy atom. The van der Waals surface area contributed by atoms with Crippen LogP contribution in [0, 0.1) is 5.92 Å². The van der Waals surface area contributed by atoms with Crippen LogP contribution in [-0.4, -0.2) is 232 Å². The zero-order valence-corrected chi connectivity index (χ0v) is 57.1. The second-order valence-corrected chi connectivity index (χ2v) is 24.9. The highest BCUT2D eigenvalue weighted by molar-refractivity contribution is 6.05. The van der Waals surface area contributed by atoms with Gasteiger partial charge in [0.25, 0.3) is 5.91 Å². The minimum atomic E-state index is -2.74. The molecule has 2 unspecified atom stereocenters. The first kappa shape index (κ1) is 81.4. The number of aromatic nitrogens is 2. The Balaban J connectivity index is 1.39. The van der Waals surface area contributed by atoms with E-state index in [0.717, 1.165) is 44.2 Å². The number of amides is 12. The number of carbonyl (C=O) groups excluding carboxylic acids is 13. The molecule has 7 rings (SSSR count). The van der Waals surface area contributed by atoms with Crippen LogP contribution in [0.3, 0.4) is 0 Å². The van der Waals surface area contributed by atoms with Crippen molar-refractivity contribution in [1.29, 1.82) is 0 Å². The molecule has 2 aromatic heterocycles. The molecule has 2 fully saturated rings. The van der Waals surface area contributed by atoms with Gasteiger partial charge in [0.05, 0.1) is 44.9 Å². The largest absolute Gasteiger partial charge is 0.508 e. The number of carbonyl (C=O) groups is 17. The number of ether oxygens (including phenoxy) is 2. The zero-order valence-electron chi connectivity index (χ0n) is 57.1.